The fourth-order valence-electron chi connectivity index (χ4n) is 3.60. The van der Waals surface area contributed by atoms with Crippen molar-refractivity contribution in [2.24, 2.45) is 0 Å². The van der Waals surface area contributed by atoms with Gasteiger partial charge in [-0.25, -0.2) is 9.97 Å². The average Bonchev–Trinajstić information content (AvgIpc) is 3.03. The molecule has 0 aliphatic heterocycles. The van der Waals surface area contributed by atoms with E-state index in [2.05, 4.69) is 16.5 Å². The van der Waals surface area contributed by atoms with E-state index in [0.29, 0.717) is 29.3 Å². The lowest BCUT2D eigenvalue weighted by Gasteiger charge is -2.09. The number of aromatic nitrogens is 3. The minimum atomic E-state index is -0.108. The van der Waals surface area contributed by atoms with Gasteiger partial charge in [0.15, 0.2) is 0 Å². The molecule has 29 heavy (non-hydrogen) atoms. The van der Waals surface area contributed by atoms with E-state index < -0.39 is 0 Å². The Labute approximate surface area is 170 Å². The molecular weight excluding hydrogens is 362 g/mol. The van der Waals surface area contributed by atoms with Gasteiger partial charge in [0.1, 0.15) is 22.9 Å². The highest BCUT2D eigenvalue weighted by atomic mass is 16.5. The maximum Gasteiger partial charge on any atom is 0.212 e. The van der Waals surface area contributed by atoms with Crippen molar-refractivity contribution in [1.82, 2.24) is 14.5 Å². The number of ether oxygens (including phenoxy) is 1. The van der Waals surface area contributed by atoms with Crippen LogP contribution in [0.5, 0.6) is 5.75 Å². The van der Waals surface area contributed by atoms with Crippen LogP contribution >= 0.6 is 0 Å². The molecule has 0 saturated heterocycles. The first-order valence-electron chi connectivity index (χ1n) is 9.67. The van der Waals surface area contributed by atoms with Crippen LogP contribution < -0.4 is 4.74 Å². The molecule has 0 bridgehead atoms. The molecule has 0 amide bonds. The van der Waals surface area contributed by atoms with Crippen molar-refractivity contribution < 1.29 is 9.53 Å². The number of aryl methyl sites for hydroxylation is 2. The first-order chi connectivity index (χ1) is 14.0. The molecule has 0 aliphatic rings. The third kappa shape index (κ3) is 3.18. The molecule has 0 radical (unpaired) electrons. The molecular formula is C24H23N3O2. The maximum absolute atomic E-state index is 13.4. The Morgan fingerprint density at radius 3 is 2.31 bits per heavy atom. The first-order valence-corrected chi connectivity index (χ1v) is 9.67. The molecule has 0 atom stereocenters. The number of rotatable bonds is 5. The molecule has 0 spiro atoms. The van der Waals surface area contributed by atoms with Crippen LogP contribution in [0.2, 0.25) is 0 Å². The van der Waals surface area contributed by atoms with Gasteiger partial charge in [-0.2, -0.15) is 0 Å². The highest BCUT2D eigenvalue weighted by Crippen LogP contribution is 2.31. The van der Waals surface area contributed by atoms with E-state index in [1.807, 2.05) is 44.2 Å². The summed E-state index contributed by atoms with van der Waals surface area (Å²) in [6.07, 6.45) is 0.650. The van der Waals surface area contributed by atoms with Gasteiger partial charge in [0.2, 0.25) is 5.78 Å². The zero-order valence-electron chi connectivity index (χ0n) is 17.1. The Morgan fingerprint density at radius 1 is 1.00 bits per heavy atom. The van der Waals surface area contributed by atoms with E-state index in [1.54, 1.807) is 31.4 Å². The van der Waals surface area contributed by atoms with Crippen LogP contribution in [0.3, 0.4) is 0 Å². The average molecular weight is 385 g/mol. The molecule has 0 aliphatic carbocycles. The Morgan fingerprint density at radius 2 is 1.69 bits per heavy atom. The Balaban J connectivity index is 1.98. The largest absolute Gasteiger partial charge is 0.497 e. The zero-order chi connectivity index (χ0) is 20.5. The number of carbonyl (C=O) groups excluding carboxylic acids is 1. The van der Waals surface area contributed by atoms with Gasteiger partial charge < -0.3 is 4.74 Å². The number of methoxy groups -OCH3 is 1. The third-order valence-electron chi connectivity index (χ3n) is 5.30. The fourth-order valence-corrected chi connectivity index (χ4v) is 3.60. The summed E-state index contributed by atoms with van der Waals surface area (Å²) in [5, 5.41) is 0.810. The van der Waals surface area contributed by atoms with Gasteiger partial charge in [0.25, 0.3) is 0 Å². The summed E-state index contributed by atoms with van der Waals surface area (Å²) >= 11 is 0. The highest BCUT2D eigenvalue weighted by Gasteiger charge is 2.23. The topological polar surface area (TPSA) is 57.0 Å². The van der Waals surface area contributed by atoms with E-state index in [9.17, 15) is 4.79 Å². The molecule has 0 saturated carbocycles. The van der Waals surface area contributed by atoms with Crippen LogP contribution in [0.25, 0.3) is 16.7 Å². The molecule has 2 aromatic heterocycles. The normalized spacial score (nSPS) is 11.0. The molecule has 2 heterocycles. The summed E-state index contributed by atoms with van der Waals surface area (Å²) < 4.78 is 7.32. The second kappa shape index (κ2) is 7.51. The van der Waals surface area contributed by atoms with Crippen molar-refractivity contribution in [3.63, 3.8) is 0 Å². The van der Waals surface area contributed by atoms with Crippen molar-refractivity contribution >= 4 is 16.8 Å². The quantitative estimate of drug-likeness (QED) is 0.461. The van der Waals surface area contributed by atoms with Crippen molar-refractivity contribution in [3.05, 3.63) is 82.9 Å². The van der Waals surface area contributed by atoms with Crippen LogP contribution in [-0.4, -0.2) is 27.4 Å². The van der Waals surface area contributed by atoms with Gasteiger partial charge in [-0.15, -0.1) is 0 Å². The van der Waals surface area contributed by atoms with E-state index >= 15 is 0 Å². The minimum absolute atomic E-state index is 0.108. The SMILES string of the molecule is CCc1nc(C(=O)c2ccc(OC)cc2)c2c(C)c(C)n(-c3ccccc3)c2n1. The number of carbonyl (C=O) groups is 1. The van der Waals surface area contributed by atoms with E-state index in [4.69, 9.17) is 9.72 Å². The van der Waals surface area contributed by atoms with E-state index in [0.717, 1.165) is 28.0 Å². The zero-order valence-corrected chi connectivity index (χ0v) is 17.1. The number of para-hydroxylation sites is 1. The number of benzene rings is 2. The molecule has 4 rings (SSSR count). The van der Waals surface area contributed by atoms with Crippen molar-refractivity contribution in [3.8, 4) is 11.4 Å². The van der Waals surface area contributed by atoms with Crippen LogP contribution in [-0.2, 0) is 6.42 Å². The minimum Gasteiger partial charge on any atom is -0.497 e. The maximum atomic E-state index is 13.4. The lowest BCUT2D eigenvalue weighted by molar-refractivity contribution is 0.103. The fraction of sp³-hybridized carbons (Fsp3) is 0.208. The van der Waals surface area contributed by atoms with E-state index in [-0.39, 0.29) is 5.78 Å². The molecule has 146 valence electrons. The number of hydrogen-bond donors (Lipinski definition) is 0. The molecule has 5 heteroatoms. The predicted octanol–water partition coefficient (Wildman–Crippen LogP) is 4.84. The Hall–Kier alpha value is -3.47. The van der Waals surface area contributed by atoms with Gasteiger partial charge in [-0.05, 0) is 55.8 Å². The summed E-state index contributed by atoms with van der Waals surface area (Å²) in [6, 6.07) is 17.2. The number of nitrogens with zero attached hydrogens (tertiary/aromatic N) is 3. The van der Waals surface area contributed by atoms with Gasteiger partial charge in [-0.3, -0.25) is 9.36 Å². The standard InChI is InChI=1S/C24H23N3O2/c1-5-20-25-22(23(28)17-11-13-19(29-4)14-12-17)21-15(2)16(3)27(24(21)26-20)18-9-7-6-8-10-18/h6-14H,5H2,1-4H3. The molecule has 2 aromatic carbocycles. The van der Waals surface area contributed by atoms with Crippen molar-refractivity contribution in [1.29, 1.82) is 0 Å². The van der Waals surface area contributed by atoms with E-state index in [1.165, 1.54) is 0 Å². The second-order valence-electron chi connectivity index (χ2n) is 6.98. The van der Waals surface area contributed by atoms with Gasteiger partial charge in [0, 0.05) is 23.4 Å². The second-order valence-corrected chi connectivity index (χ2v) is 6.98. The number of ketones is 1. The van der Waals surface area contributed by atoms with Crippen LogP contribution in [0.4, 0.5) is 0 Å². The third-order valence-corrected chi connectivity index (χ3v) is 5.30. The molecule has 0 unspecified atom stereocenters. The van der Waals surface area contributed by atoms with Gasteiger partial charge in [0.05, 0.1) is 12.5 Å². The lowest BCUT2D eigenvalue weighted by atomic mass is 10.0. The lowest BCUT2D eigenvalue weighted by Crippen LogP contribution is -2.09. The van der Waals surface area contributed by atoms with Crippen molar-refractivity contribution in [2.45, 2.75) is 27.2 Å². The number of hydrogen-bond acceptors (Lipinski definition) is 4. The highest BCUT2D eigenvalue weighted by molar-refractivity contribution is 6.15. The van der Waals surface area contributed by atoms with Crippen LogP contribution in [0.1, 0.15) is 40.1 Å². The summed E-state index contributed by atoms with van der Waals surface area (Å²) in [6.45, 7) is 6.08. The summed E-state index contributed by atoms with van der Waals surface area (Å²) in [5.41, 5.74) is 4.90. The molecule has 4 aromatic rings. The molecule has 0 N–H and O–H groups in total. The summed E-state index contributed by atoms with van der Waals surface area (Å²) in [4.78, 5) is 22.8. The van der Waals surface area contributed by atoms with Crippen LogP contribution in [0, 0.1) is 13.8 Å². The Bertz CT molecular complexity index is 1190. The number of fused-ring (bicyclic) bond motifs is 1. The van der Waals surface area contributed by atoms with Crippen molar-refractivity contribution in [2.75, 3.05) is 7.11 Å². The Kier molecular flexibility index (Phi) is 4.89. The predicted molar refractivity (Wildman–Crippen MR) is 114 cm³/mol. The van der Waals surface area contributed by atoms with Crippen LogP contribution in [0.15, 0.2) is 54.6 Å². The summed E-state index contributed by atoms with van der Waals surface area (Å²) in [5.74, 6) is 1.26. The molecule has 0 fully saturated rings. The van der Waals surface area contributed by atoms with Gasteiger partial charge >= 0.3 is 0 Å². The summed E-state index contributed by atoms with van der Waals surface area (Å²) in [7, 11) is 1.61. The first kappa shape index (κ1) is 18.9. The smallest absolute Gasteiger partial charge is 0.212 e. The monoisotopic (exact) mass is 385 g/mol. The van der Waals surface area contributed by atoms with Gasteiger partial charge in [-0.1, -0.05) is 25.1 Å². The molecule has 5 nitrogen and oxygen atoms in total.